The van der Waals surface area contributed by atoms with E-state index in [2.05, 4.69) is 19.1 Å². The molecule has 0 aromatic heterocycles. The van der Waals surface area contributed by atoms with Gasteiger partial charge in [0.05, 0.1) is 6.10 Å². The molecule has 1 aromatic rings. The van der Waals surface area contributed by atoms with Gasteiger partial charge in [0.1, 0.15) is 37.6 Å². The maximum atomic E-state index is 10.8. The minimum atomic E-state index is -0.734. The van der Waals surface area contributed by atoms with Gasteiger partial charge < -0.3 is 28.5 Å². The lowest BCUT2D eigenvalue weighted by molar-refractivity contribution is -0.174. The number of carbonyl (C=O) groups excluding carboxylic acids is 1. The molecule has 27 heavy (non-hydrogen) atoms. The topological polar surface area (TPSA) is 63.2 Å². The Morgan fingerprint density at radius 2 is 1.85 bits per heavy atom. The number of hydrogen-bond acceptors (Lipinski definition) is 6. The molecule has 6 heteroatoms. The zero-order valence-corrected chi connectivity index (χ0v) is 17.2. The van der Waals surface area contributed by atoms with Crippen molar-refractivity contribution in [3.63, 3.8) is 0 Å². The highest BCUT2D eigenvalue weighted by molar-refractivity contribution is 5.49. The highest BCUT2D eigenvalue weighted by Gasteiger charge is 2.45. The van der Waals surface area contributed by atoms with E-state index in [-0.39, 0.29) is 25.1 Å². The summed E-state index contributed by atoms with van der Waals surface area (Å²) in [6.45, 7) is 10.3. The van der Waals surface area contributed by atoms with Crippen molar-refractivity contribution in [3.8, 4) is 5.75 Å². The maximum absolute atomic E-state index is 10.8. The highest BCUT2D eigenvalue weighted by Crippen LogP contribution is 2.34. The molecule has 0 bridgehead atoms. The predicted molar refractivity (Wildman–Crippen MR) is 102 cm³/mol. The number of aryl methyl sites for hydroxylation is 3. The molecule has 0 saturated carbocycles. The third kappa shape index (κ3) is 6.01. The molecule has 0 N–H and O–H groups in total. The summed E-state index contributed by atoms with van der Waals surface area (Å²) in [6.07, 6.45) is 0.911. The van der Waals surface area contributed by atoms with E-state index in [0.717, 1.165) is 23.2 Å². The molecule has 1 saturated heterocycles. The van der Waals surface area contributed by atoms with Gasteiger partial charge in [0.2, 0.25) is 0 Å². The maximum Gasteiger partial charge on any atom is 0.163 e. The first-order valence-corrected chi connectivity index (χ1v) is 9.38. The van der Waals surface area contributed by atoms with Gasteiger partial charge in [-0.2, -0.15) is 0 Å². The first kappa shape index (κ1) is 21.8. The molecular formula is C21H32O6. The molecule has 2 rings (SSSR count). The summed E-state index contributed by atoms with van der Waals surface area (Å²) >= 11 is 0. The number of aldehydes is 1. The van der Waals surface area contributed by atoms with Crippen LogP contribution in [0.15, 0.2) is 12.1 Å². The lowest BCUT2D eigenvalue weighted by atomic mass is 10.0. The molecular weight excluding hydrogens is 348 g/mol. The first-order chi connectivity index (χ1) is 12.8. The molecule has 1 aliphatic heterocycles. The lowest BCUT2D eigenvalue weighted by Crippen LogP contribution is -2.42. The van der Waals surface area contributed by atoms with Gasteiger partial charge in [-0.25, -0.2) is 0 Å². The molecule has 0 spiro atoms. The molecule has 1 aromatic carbocycles. The van der Waals surface area contributed by atoms with E-state index in [1.165, 1.54) is 5.56 Å². The molecule has 1 fully saturated rings. The van der Waals surface area contributed by atoms with Crippen LogP contribution in [0.4, 0.5) is 0 Å². The summed E-state index contributed by atoms with van der Waals surface area (Å²) in [5.41, 5.74) is 3.37. The van der Waals surface area contributed by atoms with Crippen LogP contribution in [-0.4, -0.2) is 50.9 Å². The van der Waals surface area contributed by atoms with Crippen molar-refractivity contribution in [2.24, 2.45) is 0 Å². The number of hydrogen-bond donors (Lipinski definition) is 0. The van der Waals surface area contributed by atoms with Crippen molar-refractivity contribution in [2.45, 2.75) is 71.6 Å². The summed E-state index contributed by atoms with van der Waals surface area (Å²) in [5, 5.41) is 0. The van der Waals surface area contributed by atoms with Gasteiger partial charge >= 0.3 is 0 Å². The summed E-state index contributed by atoms with van der Waals surface area (Å²) in [7, 11) is 1.58. The molecule has 6 nitrogen and oxygen atoms in total. The number of rotatable bonds is 10. The van der Waals surface area contributed by atoms with Crippen LogP contribution in [0.5, 0.6) is 5.75 Å². The van der Waals surface area contributed by atoms with Crippen molar-refractivity contribution < 1.29 is 28.5 Å². The Balaban J connectivity index is 2.15. The zero-order chi connectivity index (χ0) is 20.0. The van der Waals surface area contributed by atoms with Gasteiger partial charge in [0, 0.05) is 13.5 Å². The summed E-state index contributed by atoms with van der Waals surface area (Å²) in [5.74, 6) is 0.122. The fourth-order valence-electron chi connectivity index (χ4n) is 3.59. The predicted octanol–water partition coefficient (Wildman–Crippen LogP) is 3.48. The third-order valence-corrected chi connectivity index (χ3v) is 4.55. The average Bonchev–Trinajstić information content (AvgIpc) is 2.89. The fourth-order valence-corrected chi connectivity index (χ4v) is 3.59. The summed E-state index contributed by atoms with van der Waals surface area (Å²) < 4.78 is 29.1. The van der Waals surface area contributed by atoms with Crippen molar-refractivity contribution in [2.75, 3.05) is 20.5 Å². The molecule has 0 amide bonds. The number of ether oxygens (including phenoxy) is 5. The fraction of sp³-hybridized carbons (Fsp3) is 0.667. The number of carbonyl (C=O) groups is 1. The molecule has 0 aliphatic carbocycles. The van der Waals surface area contributed by atoms with Gasteiger partial charge in [-0.05, 0) is 52.2 Å². The second-order valence-electron chi connectivity index (χ2n) is 7.53. The minimum Gasteiger partial charge on any atom is -0.490 e. The SMILES string of the molecule is COCO[C@H](COc1c(C)cc(C)cc1C)[C@@H]1OC(C)(C)O[C@H]1CCC=O. The van der Waals surface area contributed by atoms with Crippen LogP contribution < -0.4 is 4.74 Å². The zero-order valence-electron chi connectivity index (χ0n) is 17.2. The molecule has 1 aliphatic rings. The number of methoxy groups -OCH3 is 1. The van der Waals surface area contributed by atoms with Crippen molar-refractivity contribution in [1.29, 1.82) is 0 Å². The van der Waals surface area contributed by atoms with E-state index in [4.69, 9.17) is 23.7 Å². The Bertz CT molecular complexity index is 604. The Kier molecular flexibility index (Phi) is 7.79. The van der Waals surface area contributed by atoms with Gasteiger partial charge in [0.25, 0.3) is 0 Å². The Labute approximate surface area is 162 Å². The largest absolute Gasteiger partial charge is 0.490 e. The van der Waals surface area contributed by atoms with Crippen LogP contribution in [-0.2, 0) is 23.7 Å². The van der Waals surface area contributed by atoms with Gasteiger partial charge in [-0.3, -0.25) is 0 Å². The van der Waals surface area contributed by atoms with Crippen LogP contribution in [0.3, 0.4) is 0 Å². The normalized spacial score (nSPS) is 22.6. The average molecular weight is 380 g/mol. The standard InChI is InChI=1S/C21H32O6/c1-14-10-15(2)19(16(3)11-14)24-12-18(25-13-23-6)20-17(8-7-9-22)26-21(4,5)27-20/h9-11,17-18,20H,7-8,12-13H2,1-6H3/t17-,18+,20+/m0/s1. The van der Waals surface area contributed by atoms with E-state index >= 15 is 0 Å². The molecule has 0 unspecified atom stereocenters. The van der Waals surface area contributed by atoms with E-state index in [0.29, 0.717) is 19.4 Å². The quantitative estimate of drug-likeness (QED) is 0.457. The molecule has 0 radical (unpaired) electrons. The molecule has 152 valence electrons. The van der Waals surface area contributed by atoms with Crippen LogP contribution >= 0.6 is 0 Å². The molecule has 3 atom stereocenters. The summed E-state index contributed by atoms with van der Waals surface area (Å²) in [4.78, 5) is 10.8. The van der Waals surface area contributed by atoms with Crippen molar-refractivity contribution in [3.05, 3.63) is 28.8 Å². The van der Waals surface area contributed by atoms with E-state index in [1.54, 1.807) is 7.11 Å². The van der Waals surface area contributed by atoms with Gasteiger partial charge in [-0.1, -0.05) is 17.7 Å². The second-order valence-corrected chi connectivity index (χ2v) is 7.53. The highest BCUT2D eigenvalue weighted by atomic mass is 16.8. The Hall–Kier alpha value is -1.47. The van der Waals surface area contributed by atoms with Crippen molar-refractivity contribution in [1.82, 2.24) is 0 Å². The van der Waals surface area contributed by atoms with E-state index in [9.17, 15) is 4.79 Å². The second kappa shape index (κ2) is 9.64. The van der Waals surface area contributed by atoms with Crippen LogP contribution in [0.25, 0.3) is 0 Å². The first-order valence-electron chi connectivity index (χ1n) is 9.38. The smallest absolute Gasteiger partial charge is 0.163 e. The van der Waals surface area contributed by atoms with E-state index in [1.807, 2.05) is 27.7 Å². The van der Waals surface area contributed by atoms with Gasteiger partial charge in [0.15, 0.2) is 5.79 Å². The van der Waals surface area contributed by atoms with Crippen LogP contribution in [0.1, 0.15) is 43.4 Å². The van der Waals surface area contributed by atoms with Crippen molar-refractivity contribution >= 4 is 6.29 Å². The van der Waals surface area contributed by atoms with Crippen LogP contribution in [0.2, 0.25) is 0 Å². The summed E-state index contributed by atoms with van der Waals surface area (Å²) in [6, 6.07) is 4.19. The number of benzene rings is 1. The van der Waals surface area contributed by atoms with Crippen LogP contribution in [0, 0.1) is 20.8 Å². The Morgan fingerprint density at radius 3 is 2.44 bits per heavy atom. The van der Waals surface area contributed by atoms with Gasteiger partial charge in [-0.15, -0.1) is 0 Å². The lowest BCUT2D eigenvalue weighted by Gasteiger charge is -2.27. The molecule has 1 heterocycles. The third-order valence-electron chi connectivity index (χ3n) is 4.55. The monoisotopic (exact) mass is 380 g/mol. The Morgan fingerprint density at radius 1 is 1.19 bits per heavy atom. The van der Waals surface area contributed by atoms with E-state index < -0.39 is 5.79 Å². The minimum absolute atomic E-state index is 0.126.